The molecule has 0 fully saturated rings. The third kappa shape index (κ3) is 3.89. The molecule has 0 heterocycles. The number of aliphatic hydroxyl groups excluding tert-OH is 1. The Hall–Kier alpha value is -0.110. The summed E-state index contributed by atoms with van der Waals surface area (Å²) in [5, 5.41) is 9.46. The zero-order valence-corrected chi connectivity index (χ0v) is 3.83. The Kier molecular flexibility index (Phi) is 3.80. The second kappa shape index (κ2) is 3.89. The van der Waals surface area contributed by atoms with Gasteiger partial charge in [0.05, 0.1) is 6.26 Å². The Morgan fingerprint density at radius 2 is 2.40 bits per heavy atom. The van der Waals surface area contributed by atoms with Crippen molar-refractivity contribution in [2.75, 3.05) is 6.26 Å². The van der Waals surface area contributed by atoms with Gasteiger partial charge in [-0.3, -0.25) is 0 Å². The number of aliphatic hydroxyl groups is 1. The van der Waals surface area contributed by atoms with Crippen LogP contribution in [-0.4, -0.2) is 11.4 Å². The van der Waals surface area contributed by atoms with E-state index in [0.29, 0.717) is 0 Å². The van der Waals surface area contributed by atoms with E-state index < -0.39 is 0 Å². The van der Waals surface area contributed by atoms with Crippen LogP contribution < -0.4 is 0 Å². The van der Waals surface area contributed by atoms with Crippen molar-refractivity contribution < 1.29 is 5.11 Å². The smallest absolute Gasteiger partial charge is 0.0854 e. The summed E-state index contributed by atoms with van der Waals surface area (Å²) in [5.74, 6) is 0. The highest BCUT2D eigenvalue weighted by Gasteiger charge is 1.53. The van der Waals surface area contributed by atoms with Crippen LogP contribution in [0.25, 0.3) is 0 Å². The van der Waals surface area contributed by atoms with Gasteiger partial charge in [-0.2, -0.15) is 0 Å². The first kappa shape index (κ1) is 4.89. The lowest BCUT2D eigenvalue weighted by molar-refractivity contribution is 0.475. The fourth-order valence-electron chi connectivity index (χ4n) is 0.0609. The van der Waals surface area contributed by atoms with Crippen molar-refractivity contribution in [1.29, 1.82) is 0 Å². The third-order valence-electron chi connectivity index (χ3n) is 0.197. The molecule has 0 spiro atoms. The predicted molar refractivity (Wildman–Crippen MR) is 25.3 cm³/mol. The van der Waals surface area contributed by atoms with Crippen LogP contribution in [0, 0.1) is 0 Å². The standard InChI is InChI=1S/C3H6OS/c1-5-3-2-4/h2-4H,1H3. The molecule has 0 rings (SSSR count). The normalized spacial score (nSPS) is 9.80. The van der Waals surface area contributed by atoms with E-state index in [4.69, 9.17) is 5.11 Å². The minimum absolute atomic E-state index is 1.02. The van der Waals surface area contributed by atoms with Gasteiger partial charge in [0.1, 0.15) is 0 Å². The maximum absolute atomic E-state index is 7.86. The largest absolute Gasteiger partial charge is 0.515 e. The van der Waals surface area contributed by atoms with E-state index in [9.17, 15) is 0 Å². The molecule has 0 aliphatic heterocycles. The molecule has 0 unspecified atom stereocenters. The lowest BCUT2D eigenvalue weighted by atomic mass is 11.2. The summed E-state index contributed by atoms with van der Waals surface area (Å²) >= 11 is 1.47. The number of hydrogen-bond acceptors (Lipinski definition) is 2. The highest BCUT2D eigenvalue weighted by atomic mass is 32.2. The molecule has 0 radical (unpaired) electrons. The first-order chi connectivity index (χ1) is 2.41. The van der Waals surface area contributed by atoms with E-state index >= 15 is 0 Å². The Labute approximate surface area is 35.7 Å². The minimum atomic E-state index is 1.02. The number of hydrogen-bond donors (Lipinski definition) is 1. The van der Waals surface area contributed by atoms with Gasteiger partial charge in [0.25, 0.3) is 0 Å². The molecular weight excluding hydrogens is 84.1 g/mol. The van der Waals surface area contributed by atoms with Gasteiger partial charge >= 0.3 is 0 Å². The summed E-state index contributed by atoms with van der Waals surface area (Å²) in [6.45, 7) is 0. The average molecular weight is 90.1 g/mol. The molecule has 30 valence electrons. The Bertz CT molecular complexity index is 33.9. The van der Waals surface area contributed by atoms with Gasteiger partial charge in [0, 0.05) is 5.41 Å². The summed E-state index contributed by atoms with van der Waals surface area (Å²) < 4.78 is 0. The van der Waals surface area contributed by atoms with Crippen molar-refractivity contribution in [2.45, 2.75) is 0 Å². The summed E-state index contributed by atoms with van der Waals surface area (Å²) in [6.07, 6.45) is 2.90. The minimum Gasteiger partial charge on any atom is -0.515 e. The van der Waals surface area contributed by atoms with Crippen LogP contribution in [0.5, 0.6) is 0 Å². The molecule has 0 saturated heterocycles. The summed E-state index contributed by atoms with van der Waals surface area (Å²) in [4.78, 5) is 0. The first-order valence-electron chi connectivity index (χ1n) is 1.24. The molecular formula is C3H6OS. The molecule has 0 bridgehead atoms. The van der Waals surface area contributed by atoms with E-state index in [1.807, 2.05) is 6.26 Å². The Morgan fingerprint density at radius 3 is 2.40 bits per heavy atom. The van der Waals surface area contributed by atoms with E-state index in [0.717, 1.165) is 6.26 Å². The molecule has 1 N–H and O–H groups in total. The van der Waals surface area contributed by atoms with Crippen LogP contribution in [-0.2, 0) is 0 Å². The molecule has 0 amide bonds. The molecule has 5 heavy (non-hydrogen) atoms. The zero-order chi connectivity index (χ0) is 4.12. The molecule has 0 aromatic heterocycles. The topological polar surface area (TPSA) is 20.2 Å². The fraction of sp³-hybridized carbons (Fsp3) is 0.333. The van der Waals surface area contributed by atoms with E-state index in [-0.39, 0.29) is 0 Å². The highest BCUT2D eigenvalue weighted by molar-refractivity contribution is 8.01. The molecule has 0 aromatic carbocycles. The van der Waals surface area contributed by atoms with Crippen LogP contribution in [0.3, 0.4) is 0 Å². The first-order valence-corrected chi connectivity index (χ1v) is 2.52. The molecule has 0 aliphatic rings. The van der Waals surface area contributed by atoms with Gasteiger partial charge in [-0.05, 0) is 6.26 Å². The highest BCUT2D eigenvalue weighted by Crippen LogP contribution is 1.88. The van der Waals surface area contributed by atoms with Crippen LogP contribution in [0.2, 0.25) is 0 Å². The van der Waals surface area contributed by atoms with E-state index in [1.165, 1.54) is 11.8 Å². The molecule has 0 aromatic rings. The van der Waals surface area contributed by atoms with Crippen molar-refractivity contribution in [3.63, 3.8) is 0 Å². The van der Waals surface area contributed by atoms with Crippen LogP contribution >= 0.6 is 11.8 Å². The Balaban J connectivity index is 2.62. The van der Waals surface area contributed by atoms with E-state index in [2.05, 4.69) is 0 Å². The molecule has 1 nitrogen and oxygen atoms in total. The third-order valence-corrected chi connectivity index (χ3v) is 0.591. The van der Waals surface area contributed by atoms with Crippen LogP contribution in [0.15, 0.2) is 11.7 Å². The van der Waals surface area contributed by atoms with Crippen molar-refractivity contribution in [3.05, 3.63) is 11.7 Å². The summed E-state index contributed by atoms with van der Waals surface area (Å²) in [6, 6.07) is 0. The summed E-state index contributed by atoms with van der Waals surface area (Å²) in [7, 11) is 0. The predicted octanol–water partition coefficient (Wildman–Crippen LogP) is 1.38. The van der Waals surface area contributed by atoms with Crippen LogP contribution in [0.4, 0.5) is 0 Å². The SMILES string of the molecule is CSC=CO. The second-order valence-corrected chi connectivity index (χ2v) is 1.26. The van der Waals surface area contributed by atoms with Crippen molar-refractivity contribution >= 4 is 11.8 Å². The number of rotatable bonds is 1. The van der Waals surface area contributed by atoms with E-state index in [1.54, 1.807) is 5.41 Å². The number of thioether (sulfide) groups is 1. The van der Waals surface area contributed by atoms with Crippen molar-refractivity contribution in [1.82, 2.24) is 0 Å². The molecule has 2 heteroatoms. The van der Waals surface area contributed by atoms with Crippen LogP contribution in [0.1, 0.15) is 0 Å². The average Bonchev–Trinajstić information content (AvgIpc) is 1.41. The maximum atomic E-state index is 7.86. The van der Waals surface area contributed by atoms with Crippen molar-refractivity contribution in [3.8, 4) is 0 Å². The fourth-order valence-corrected chi connectivity index (χ4v) is 0.183. The van der Waals surface area contributed by atoms with Gasteiger partial charge in [-0.15, -0.1) is 11.8 Å². The lowest BCUT2D eigenvalue weighted by Gasteiger charge is -1.66. The molecule has 0 saturated carbocycles. The van der Waals surface area contributed by atoms with Gasteiger partial charge in [0.2, 0.25) is 0 Å². The van der Waals surface area contributed by atoms with Gasteiger partial charge in [-0.1, -0.05) is 0 Å². The molecule has 0 aliphatic carbocycles. The zero-order valence-electron chi connectivity index (χ0n) is 3.01. The second-order valence-electron chi connectivity index (χ2n) is 0.521. The van der Waals surface area contributed by atoms with Gasteiger partial charge in [0.15, 0.2) is 0 Å². The van der Waals surface area contributed by atoms with Gasteiger partial charge < -0.3 is 5.11 Å². The monoisotopic (exact) mass is 90.0 g/mol. The molecule has 0 atom stereocenters. The van der Waals surface area contributed by atoms with Gasteiger partial charge in [-0.25, -0.2) is 0 Å². The lowest BCUT2D eigenvalue weighted by Crippen LogP contribution is -1.41. The summed E-state index contributed by atoms with van der Waals surface area (Å²) in [5.41, 5.74) is 0. The quantitative estimate of drug-likeness (QED) is 0.491. The maximum Gasteiger partial charge on any atom is 0.0854 e. The Morgan fingerprint density at radius 1 is 1.80 bits per heavy atom. The van der Waals surface area contributed by atoms with Crippen molar-refractivity contribution in [2.24, 2.45) is 0 Å².